The van der Waals surface area contributed by atoms with Crippen LogP contribution in [0.4, 0.5) is 5.95 Å². The molecule has 0 aliphatic carbocycles. The molecule has 5 heteroatoms. The van der Waals surface area contributed by atoms with Gasteiger partial charge in [-0.1, -0.05) is 0 Å². The molecule has 0 aromatic carbocycles. The van der Waals surface area contributed by atoms with Crippen LogP contribution in [0.1, 0.15) is 19.3 Å². The number of hydrogen-bond donors (Lipinski definition) is 1. The van der Waals surface area contributed by atoms with E-state index < -0.39 is 0 Å². The molecule has 3 heterocycles. The van der Waals surface area contributed by atoms with Crippen LogP contribution in [0.2, 0.25) is 0 Å². The number of pyridine rings is 1. The smallest absolute Gasteiger partial charge is 0.225 e. The van der Waals surface area contributed by atoms with Gasteiger partial charge in [0, 0.05) is 49.5 Å². The molecule has 1 atom stereocenters. The Morgan fingerprint density at radius 1 is 1.10 bits per heavy atom. The maximum absolute atomic E-state index is 5.85. The Bertz CT molecular complexity index is 540. The molecule has 1 aliphatic heterocycles. The number of aromatic nitrogens is 3. The van der Waals surface area contributed by atoms with E-state index in [0.717, 1.165) is 30.0 Å². The monoisotopic (exact) mass is 269 g/mol. The number of nitrogens with zero attached hydrogens (tertiary/aromatic N) is 4. The van der Waals surface area contributed by atoms with E-state index in [2.05, 4.69) is 19.9 Å². The first-order chi connectivity index (χ1) is 9.88. The number of hydrogen-bond acceptors (Lipinski definition) is 5. The second-order valence-electron chi connectivity index (χ2n) is 5.09. The van der Waals surface area contributed by atoms with E-state index in [1.807, 2.05) is 24.5 Å². The summed E-state index contributed by atoms with van der Waals surface area (Å²) in [6.07, 6.45) is 10.9. The van der Waals surface area contributed by atoms with Gasteiger partial charge in [0.05, 0.1) is 0 Å². The van der Waals surface area contributed by atoms with Gasteiger partial charge in [0.25, 0.3) is 0 Å². The summed E-state index contributed by atoms with van der Waals surface area (Å²) in [5, 5.41) is 0. The van der Waals surface area contributed by atoms with Gasteiger partial charge in [-0.15, -0.1) is 0 Å². The third-order valence-electron chi connectivity index (χ3n) is 3.81. The summed E-state index contributed by atoms with van der Waals surface area (Å²) in [6.45, 7) is 1.66. The van der Waals surface area contributed by atoms with Crippen LogP contribution in [-0.2, 0) is 0 Å². The van der Waals surface area contributed by atoms with Crippen molar-refractivity contribution in [3.63, 3.8) is 0 Å². The molecule has 3 rings (SSSR count). The SMILES string of the molecule is NCC1CCCCN1c1ncc(-c2ccncc2)cn1. The fourth-order valence-electron chi connectivity index (χ4n) is 2.67. The quantitative estimate of drug-likeness (QED) is 0.921. The molecule has 0 saturated carbocycles. The van der Waals surface area contributed by atoms with Crippen molar-refractivity contribution < 1.29 is 0 Å². The minimum Gasteiger partial charge on any atom is -0.337 e. The molecule has 0 bridgehead atoms. The van der Waals surface area contributed by atoms with Crippen molar-refractivity contribution in [1.82, 2.24) is 15.0 Å². The van der Waals surface area contributed by atoms with Crippen molar-refractivity contribution >= 4 is 5.95 Å². The van der Waals surface area contributed by atoms with E-state index in [0.29, 0.717) is 12.6 Å². The van der Waals surface area contributed by atoms with Crippen molar-refractivity contribution in [2.75, 3.05) is 18.0 Å². The lowest BCUT2D eigenvalue weighted by Crippen LogP contribution is -2.45. The van der Waals surface area contributed by atoms with Gasteiger partial charge in [0.2, 0.25) is 5.95 Å². The third-order valence-corrected chi connectivity index (χ3v) is 3.81. The highest BCUT2D eigenvalue weighted by molar-refractivity contribution is 5.61. The molecule has 1 aliphatic rings. The molecule has 2 N–H and O–H groups in total. The molecule has 1 fully saturated rings. The molecule has 5 nitrogen and oxygen atoms in total. The topological polar surface area (TPSA) is 67.9 Å². The molecule has 20 heavy (non-hydrogen) atoms. The zero-order chi connectivity index (χ0) is 13.8. The van der Waals surface area contributed by atoms with Gasteiger partial charge in [-0.25, -0.2) is 9.97 Å². The number of anilines is 1. The van der Waals surface area contributed by atoms with E-state index in [4.69, 9.17) is 5.73 Å². The lowest BCUT2D eigenvalue weighted by Gasteiger charge is -2.34. The Balaban J connectivity index is 1.82. The van der Waals surface area contributed by atoms with Crippen LogP contribution >= 0.6 is 0 Å². The highest BCUT2D eigenvalue weighted by atomic mass is 15.3. The van der Waals surface area contributed by atoms with Crippen molar-refractivity contribution in [3.05, 3.63) is 36.9 Å². The molecule has 1 unspecified atom stereocenters. The summed E-state index contributed by atoms with van der Waals surface area (Å²) in [5.41, 5.74) is 7.94. The first-order valence-corrected chi connectivity index (χ1v) is 7.07. The Labute approximate surface area is 118 Å². The zero-order valence-electron chi connectivity index (χ0n) is 11.4. The maximum Gasteiger partial charge on any atom is 0.225 e. The molecule has 0 amide bonds. The number of nitrogens with two attached hydrogens (primary N) is 1. The minimum absolute atomic E-state index is 0.371. The Morgan fingerprint density at radius 3 is 2.55 bits per heavy atom. The van der Waals surface area contributed by atoms with Crippen LogP contribution in [0.5, 0.6) is 0 Å². The van der Waals surface area contributed by atoms with Gasteiger partial charge < -0.3 is 10.6 Å². The summed E-state index contributed by atoms with van der Waals surface area (Å²) in [4.78, 5) is 15.3. The molecule has 0 radical (unpaired) electrons. The van der Waals surface area contributed by atoms with Crippen molar-refractivity contribution in [1.29, 1.82) is 0 Å². The highest BCUT2D eigenvalue weighted by Crippen LogP contribution is 2.23. The normalized spacial score (nSPS) is 19.1. The van der Waals surface area contributed by atoms with Crippen LogP contribution in [-0.4, -0.2) is 34.1 Å². The van der Waals surface area contributed by atoms with Crippen LogP contribution in [0.3, 0.4) is 0 Å². The van der Waals surface area contributed by atoms with Gasteiger partial charge in [-0.3, -0.25) is 4.98 Å². The number of piperidine rings is 1. The fourth-order valence-corrected chi connectivity index (χ4v) is 2.67. The summed E-state index contributed by atoms with van der Waals surface area (Å²) < 4.78 is 0. The largest absolute Gasteiger partial charge is 0.337 e. The molecule has 0 spiro atoms. The lowest BCUT2D eigenvalue weighted by atomic mass is 10.0. The molecule has 1 saturated heterocycles. The second kappa shape index (κ2) is 5.96. The third kappa shape index (κ3) is 2.63. The average molecular weight is 269 g/mol. The van der Waals surface area contributed by atoms with Gasteiger partial charge in [0.1, 0.15) is 0 Å². The van der Waals surface area contributed by atoms with Crippen LogP contribution in [0.15, 0.2) is 36.9 Å². The van der Waals surface area contributed by atoms with Gasteiger partial charge in [-0.05, 0) is 37.0 Å². The van der Waals surface area contributed by atoms with Crippen LogP contribution < -0.4 is 10.6 Å². The zero-order valence-corrected chi connectivity index (χ0v) is 11.4. The number of rotatable bonds is 3. The second-order valence-corrected chi connectivity index (χ2v) is 5.09. The van der Waals surface area contributed by atoms with Crippen LogP contribution in [0, 0.1) is 0 Å². The average Bonchev–Trinajstić information content (AvgIpc) is 2.56. The van der Waals surface area contributed by atoms with Crippen LogP contribution in [0.25, 0.3) is 11.1 Å². The van der Waals surface area contributed by atoms with Crippen molar-refractivity contribution in [3.8, 4) is 11.1 Å². The molecule has 2 aromatic heterocycles. The summed E-state index contributed by atoms with van der Waals surface area (Å²) >= 11 is 0. The first-order valence-electron chi connectivity index (χ1n) is 7.07. The predicted molar refractivity (Wildman–Crippen MR) is 79.3 cm³/mol. The van der Waals surface area contributed by atoms with Gasteiger partial charge >= 0.3 is 0 Å². The van der Waals surface area contributed by atoms with E-state index in [1.165, 1.54) is 12.8 Å². The molecule has 2 aromatic rings. The summed E-state index contributed by atoms with van der Waals surface area (Å²) in [6, 6.07) is 4.29. The Morgan fingerprint density at radius 2 is 1.85 bits per heavy atom. The molecular formula is C15H19N5. The standard InChI is InChI=1S/C15H19N5/c16-9-14-3-1-2-8-20(14)15-18-10-13(11-19-15)12-4-6-17-7-5-12/h4-7,10-11,14H,1-3,8-9,16H2. The van der Waals surface area contributed by atoms with E-state index in [9.17, 15) is 0 Å². The van der Waals surface area contributed by atoms with E-state index in [-0.39, 0.29) is 0 Å². The lowest BCUT2D eigenvalue weighted by molar-refractivity contribution is 0.458. The Kier molecular flexibility index (Phi) is 3.87. The molecular weight excluding hydrogens is 250 g/mol. The summed E-state index contributed by atoms with van der Waals surface area (Å²) in [7, 11) is 0. The minimum atomic E-state index is 0.371. The maximum atomic E-state index is 5.85. The Hall–Kier alpha value is -2.01. The molecule has 104 valence electrons. The van der Waals surface area contributed by atoms with E-state index in [1.54, 1.807) is 12.4 Å². The predicted octanol–water partition coefficient (Wildman–Crippen LogP) is 1.86. The van der Waals surface area contributed by atoms with E-state index >= 15 is 0 Å². The van der Waals surface area contributed by atoms with Gasteiger partial charge in [0.15, 0.2) is 0 Å². The van der Waals surface area contributed by atoms with Crippen molar-refractivity contribution in [2.45, 2.75) is 25.3 Å². The highest BCUT2D eigenvalue weighted by Gasteiger charge is 2.23. The van der Waals surface area contributed by atoms with Gasteiger partial charge in [-0.2, -0.15) is 0 Å². The van der Waals surface area contributed by atoms with Crippen molar-refractivity contribution in [2.24, 2.45) is 5.73 Å². The summed E-state index contributed by atoms with van der Waals surface area (Å²) in [5.74, 6) is 0.790. The fraction of sp³-hybridized carbons (Fsp3) is 0.400. The first kappa shape index (κ1) is 13.0.